The number of thioether (sulfide) groups is 1. The molecule has 1 aromatic carbocycles. The van der Waals surface area contributed by atoms with E-state index in [2.05, 4.69) is 16.0 Å². The van der Waals surface area contributed by atoms with Gasteiger partial charge in [0, 0.05) is 24.5 Å². The Labute approximate surface area is 124 Å². The molecule has 0 spiro atoms. The molecule has 0 aliphatic carbocycles. The molecular weight excluding hydrogens is 292 g/mol. The van der Waals surface area contributed by atoms with E-state index < -0.39 is 10.0 Å². The first kappa shape index (κ1) is 15.2. The molecule has 1 aromatic rings. The van der Waals surface area contributed by atoms with E-state index in [-0.39, 0.29) is 0 Å². The SMILES string of the molecule is C#CCSCCNS(=O)(=O)c1ccc2c(c1)CCCN2. The van der Waals surface area contributed by atoms with Crippen LogP contribution in [0.3, 0.4) is 0 Å². The van der Waals surface area contributed by atoms with Crippen molar-refractivity contribution in [2.75, 3.05) is 29.9 Å². The van der Waals surface area contributed by atoms with Gasteiger partial charge in [-0.25, -0.2) is 13.1 Å². The number of nitrogens with one attached hydrogen (secondary N) is 2. The number of aryl methyl sites for hydroxylation is 1. The van der Waals surface area contributed by atoms with Gasteiger partial charge >= 0.3 is 0 Å². The summed E-state index contributed by atoms with van der Waals surface area (Å²) in [6.07, 6.45) is 7.09. The molecule has 4 nitrogen and oxygen atoms in total. The number of anilines is 1. The largest absolute Gasteiger partial charge is 0.385 e. The molecule has 20 heavy (non-hydrogen) atoms. The summed E-state index contributed by atoms with van der Waals surface area (Å²) in [5.74, 6) is 3.79. The van der Waals surface area contributed by atoms with Crippen molar-refractivity contribution in [3.05, 3.63) is 23.8 Å². The van der Waals surface area contributed by atoms with Gasteiger partial charge in [-0.3, -0.25) is 0 Å². The van der Waals surface area contributed by atoms with Crippen LogP contribution in [-0.4, -0.2) is 33.0 Å². The molecular formula is C14H18N2O2S2. The second-order valence-corrected chi connectivity index (χ2v) is 7.38. The first-order chi connectivity index (χ1) is 9.63. The highest BCUT2D eigenvalue weighted by Gasteiger charge is 2.16. The van der Waals surface area contributed by atoms with Crippen molar-refractivity contribution in [1.29, 1.82) is 0 Å². The molecule has 0 fully saturated rings. The van der Waals surface area contributed by atoms with Crippen LogP contribution < -0.4 is 10.0 Å². The molecule has 2 rings (SSSR count). The molecule has 0 unspecified atom stereocenters. The molecule has 0 aromatic heterocycles. The zero-order valence-corrected chi connectivity index (χ0v) is 12.8. The van der Waals surface area contributed by atoms with Gasteiger partial charge < -0.3 is 5.32 Å². The van der Waals surface area contributed by atoms with Gasteiger partial charge in [0.05, 0.1) is 10.6 Å². The van der Waals surface area contributed by atoms with Gasteiger partial charge in [-0.1, -0.05) is 5.92 Å². The van der Waals surface area contributed by atoms with Crippen molar-refractivity contribution in [2.45, 2.75) is 17.7 Å². The predicted molar refractivity (Wildman–Crippen MR) is 84.6 cm³/mol. The first-order valence-corrected chi connectivity index (χ1v) is 9.15. The smallest absolute Gasteiger partial charge is 0.240 e. The van der Waals surface area contributed by atoms with Crippen LogP contribution in [0.2, 0.25) is 0 Å². The van der Waals surface area contributed by atoms with Gasteiger partial charge in [0.15, 0.2) is 0 Å². The van der Waals surface area contributed by atoms with E-state index in [1.807, 2.05) is 6.07 Å². The van der Waals surface area contributed by atoms with Gasteiger partial charge in [0.1, 0.15) is 0 Å². The number of sulfonamides is 1. The van der Waals surface area contributed by atoms with E-state index >= 15 is 0 Å². The van der Waals surface area contributed by atoms with E-state index in [1.165, 1.54) is 11.8 Å². The Morgan fingerprint density at radius 2 is 2.30 bits per heavy atom. The van der Waals surface area contributed by atoms with E-state index in [0.717, 1.165) is 30.6 Å². The van der Waals surface area contributed by atoms with Crippen molar-refractivity contribution in [3.8, 4) is 12.3 Å². The van der Waals surface area contributed by atoms with Gasteiger partial charge in [0.2, 0.25) is 10.0 Å². The number of rotatable bonds is 6. The fourth-order valence-electron chi connectivity index (χ4n) is 2.08. The fourth-order valence-corrected chi connectivity index (χ4v) is 3.80. The van der Waals surface area contributed by atoms with Crippen molar-refractivity contribution in [2.24, 2.45) is 0 Å². The van der Waals surface area contributed by atoms with Crippen molar-refractivity contribution < 1.29 is 8.42 Å². The quantitative estimate of drug-likeness (QED) is 0.620. The van der Waals surface area contributed by atoms with E-state index in [9.17, 15) is 8.42 Å². The lowest BCUT2D eigenvalue weighted by molar-refractivity contribution is 0.584. The average molecular weight is 310 g/mol. The summed E-state index contributed by atoms with van der Waals surface area (Å²) in [7, 11) is -3.42. The van der Waals surface area contributed by atoms with Gasteiger partial charge in [0.25, 0.3) is 0 Å². The molecule has 108 valence electrons. The molecule has 1 aliphatic heterocycles. The van der Waals surface area contributed by atoms with Crippen molar-refractivity contribution in [3.63, 3.8) is 0 Å². The minimum Gasteiger partial charge on any atom is -0.385 e. The Morgan fingerprint density at radius 3 is 3.10 bits per heavy atom. The third kappa shape index (κ3) is 3.92. The normalized spacial score (nSPS) is 14.2. The monoisotopic (exact) mass is 310 g/mol. The molecule has 0 atom stereocenters. The maximum Gasteiger partial charge on any atom is 0.240 e. The lowest BCUT2D eigenvalue weighted by Crippen LogP contribution is -2.26. The van der Waals surface area contributed by atoms with Crippen LogP contribution in [-0.2, 0) is 16.4 Å². The van der Waals surface area contributed by atoms with Crippen LogP contribution in [0.4, 0.5) is 5.69 Å². The highest BCUT2D eigenvalue weighted by atomic mass is 32.2. The second kappa shape index (κ2) is 7.02. The molecule has 0 radical (unpaired) electrons. The Hall–Kier alpha value is -1.16. The van der Waals surface area contributed by atoms with E-state index in [0.29, 0.717) is 22.9 Å². The summed E-state index contributed by atoms with van der Waals surface area (Å²) < 4.78 is 26.9. The Balaban J connectivity index is 2.00. The zero-order valence-electron chi connectivity index (χ0n) is 11.2. The lowest BCUT2D eigenvalue weighted by Gasteiger charge is -2.18. The molecule has 0 amide bonds. The molecule has 0 saturated carbocycles. The average Bonchev–Trinajstić information content (AvgIpc) is 2.46. The first-order valence-electron chi connectivity index (χ1n) is 6.51. The highest BCUT2D eigenvalue weighted by molar-refractivity contribution is 7.99. The zero-order chi connectivity index (χ0) is 14.4. The van der Waals surface area contributed by atoms with Crippen LogP contribution in [0.1, 0.15) is 12.0 Å². The van der Waals surface area contributed by atoms with Crippen LogP contribution in [0.5, 0.6) is 0 Å². The third-order valence-electron chi connectivity index (χ3n) is 3.05. The van der Waals surface area contributed by atoms with Crippen molar-refractivity contribution in [1.82, 2.24) is 4.72 Å². The molecule has 0 saturated heterocycles. The van der Waals surface area contributed by atoms with Gasteiger partial charge in [-0.15, -0.1) is 18.2 Å². The molecule has 1 aliphatic rings. The number of fused-ring (bicyclic) bond motifs is 1. The summed E-state index contributed by atoms with van der Waals surface area (Å²) in [5.41, 5.74) is 2.11. The fraction of sp³-hybridized carbons (Fsp3) is 0.429. The summed E-state index contributed by atoms with van der Waals surface area (Å²) in [4.78, 5) is 0.335. The molecule has 6 heteroatoms. The second-order valence-electron chi connectivity index (χ2n) is 4.50. The summed E-state index contributed by atoms with van der Waals surface area (Å²) in [6.45, 7) is 1.34. The number of hydrogen-bond acceptors (Lipinski definition) is 4. The standard InChI is InChI=1S/C14H18N2O2S2/c1-2-9-19-10-8-16-20(17,18)13-5-6-14-12(11-13)4-3-7-15-14/h1,5-6,11,15-16H,3-4,7-10H2. The maximum absolute atomic E-state index is 12.2. The number of terminal acetylenes is 1. The Bertz CT molecular complexity index is 606. The minimum atomic E-state index is -3.42. The van der Waals surface area contributed by atoms with Crippen LogP contribution in [0.25, 0.3) is 0 Å². The van der Waals surface area contributed by atoms with Crippen LogP contribution in [0.15, 0.2) is 23.1 Å². The van der Waals surface area contributed by atoms with Crippen LogP contribution in [0, 0.1) is 12.3 Å². The van der Waals surface area contributed by atoms with Crippen molar-refractivity contribution >= 4 is 27.5 Å². The van der Waals surface area contributed by atoms with Gasteiger partial charge in [-0.2, -0.15) is 0 Å². The van der Waals surface area contributed by atoms with E-state index in [4.69, 9.17) is 6.42 Å². The van der Waals surface area contributed by atoms with E-state index in [1.54, 1.807) is 12.1 Å². The highest BCUT2D eigenvalue weighted by Crippen LogP contribution is 2.24. The summed E-state index contributed by atoms with van der Waals surface area (Å²) >= 11 is 1.54. The predicted octanol–water partition coefficient (Wildman–Crippen LogP) is 1.69. The minimum absolute atomic E-state index is 0.335. The Kier molecular flexibility index (Phi) is 5.35. The topological polar surface area (TPSA) is 58.2 Å². The number of hydrogen-bond donors (Lipinski definition) is 2. The van der Waals surface area contributed by atoms with Gasteiger partial charge in [-0.05, 0) is 36.6 Å². The molecule has 1 heterocycles. The Morgan fingerprint density at radius 1 is 1.45 bits per heavy atom. The maximum atomic E-state index is 12.2. The van der Waals surface area contributed by atoms with Crippen LogP contribution >= 0.6 is 11.8 Å². The summed E-state index contributed by atoms with van der Waals surface area (Å²) in [6, 6.07) is 5.25. The molecule has 2 N–H and O–H groups in total. The molecule has 0 bridgehead atoms. The summed E-state index contributed by atoms with van der Waals surface area (Å²) in [5, 5.41) is 3.27. The third-order valence-corrected chi connectivity index (χ3v) is 5.37. The number of benzene rings is 1. The lowest BCUT2D eigenvalue weighted by atomic mass is 10.0.